The molecule has 0 unspecified atom stereocenters. The summed E-state index contributed by atoms with van der Waals surface area (Å²) in [5, 5.41) is 3.14. The molecule has 0 aromatic heterocycles. The lowest BCUT2D eigenvalue weighted by molar-refractivity contribution is 0.0464. The SMILES string of the molecule is CC(C)(C)OC(=O)N[C@@H]1C[C@@H]2CC[C@H]1CN(Cc1ccccc1)C2. The Morgan fingerprint density at radius 1 is 1.21 bits per heavy atom. The maximum absolute atomic E-state index is 12.1. The molecule has 132 valence electrons. The van der Waals surface area contributed by atoms with Gasteiger partial charge in [0.2, 0.25) is 0 Å². The molecule has 1 saturated carbocycles. The number of nitrogens with one attached hydrogen (secondary N) is 1. The summed E-state index contributed by atoms with van der Waals surface area (Å²) in [5.41, 5.74) is 0.933. The minimum atomic E-state index is -0.437. The number of hydrogen-bond acceptors (Lipinski definition) is 3. The molecular weight excluding hydrogens is 300 g/mol. The predicted molar refractivity (Wildman–Crippen MR) is 95.7 cm³/mol. The van der Waals surface area contributed by atoms with Crippen LogP contribution < -0.4 is 5.32 Å². The van der Waals surface area contributed by atoms with Crippen LogP contribution in [-0.4, -0.2) is 35.7 Å². The molecule has 24 heavy (non-hydrogen) atoms. The van der Waals surface area contributed by atoms with Gasteiger partial charge in [0.25, 0.3) is 0 Å². The average molecular weight is 330 g/mol. The van der Waals surface area contributed by atoms with Crippen molar-refractivity contribution in [2.75, 3.05) is 13.1 Å². The number of fused-ring (bicyclic) bond motifs is 4. The summed E-state index contributed by atoms with van der Waals surface area (Å²) in [7, 11) is 0. The van der Waals surface area contributed by atoms with Crippen LogP contribution in [-0.2, 0) is 11.3 Å². The third kappa shape index (κ3) is 4.73. The molecule has 3 atom stereocenters. The summed E-state index contributed by atoms with van der Waals surface area (Å²) in [6.07, 6.45) is 3.29. The van der Waals surface area contributed by atoms with Crippen LogP contribution in [0.25, 0.3) is 0 Å². The summed E-state index contributed by atoms with van der Waals surface area (Å²) in [6.45, 7) is 8.94. The molecule has 3 aliphatic rings. The molecule has 1 amide bonds. The van der Waals surface area contributed by atoms with Gasteiger partial charge in [-0.2, -0.15) is 0 Å². The molecule has 4 heteroatoms. The first-order chi connectivity index (χ1) is 11.4. The molecule has 1 N–H and O–H groups in total. The van der Waals surface area contributed by atoms with Crippen molar-refractivity contribution in [3.63, 3.8) is 0 Å². The molecule has 3 fully saturated rings. The van der Waals surface area contributed by atoms with Crippen molar-refractivity contribution in [1.82, 2.24) is 10.2 Å². The van der Waals surface area contributed by atoms with Crippen LogP contribution in [0.3, 0.4) is 0 Å². The number of amides is 1. The largest absolute Gasteiger partial charge is 0.444 e. The van der Waals surface area contributed by atoms with E-state index >= 15 is 0 Å². The molecule has 2 bridgehead atoms. The third-order valence-corrected chi connectivity index (χ3v) is 5.06. The summed E-state index contributed by atoms with van der Waals surface area (Å²) >= 11 is 0. The molecule has 1 aliphatic carbocycles. The van der Waals surface area contributed by atoms with Crippen molar-refractivity contribution in [3.05, 3.63) is 35.9 Å². The van der Waals surface area contributed by atoms with Crippen LogP contribution in [0.15, 0.2) is 30.3 Å². The second-order valence-electron chi connectivity index (χ2n) is 8.37. The van der Waals surface area contributed by atoms with Gasteiger partial charge < -0.3 is 10.1 Å². The van der Waals surface area contributed by atoms with Gasteiger partial charge in [0, 0.05) is 25.7 Å². The van der Waals surface area contributed by atoms with Gasteiger partial charge in [0.05, 0.1) is 0 Å². The fraction of sp³-hybridized carbons (Fsp3) is 0.650. The maximum Gasteiger partial charge on any atom is 0.407 e. The fourth-order valence-corrected chi connectivity index (χ4v) is 4.08. The highest BCUT2D eigenvalue weighted by atomic mass is 16.6. The van der Waals surface area contributed by atoms with Crippen LogP contribution in [0.2, 0.25) is 0 Å². The van der Waals surface area contributed by atoms with Crippen LogP contribution in [0.5, 0.6) is 0 Å². The summed E-state index contributed by atoms with van der Waals surface area (Å²) in [5.74, 6) is 1.20. The molecular formula is C20H30N2O2. The van der Waals surface area contributed by atoms with Gasteiger partial charge in [-0.1, -0.05) is 30.3 Å². The average Bonchev–Trinajstić information content (AvgIpc) is 2.76. The summed E-state index contributed by atoms with van der Waals surface area (Å²) < 4.78 is 5.45. The second-order valence-corrected chi connectivity index (χ2v) is 8.37. The van der Waals surface area contributed by atoms with Crippen molar-refractivity contribution in [2.45, 2.75) is 58.2 Å². The zero-order valence-electron chi connectivity index (χ0n) is 15.1. The Labute approximate surface area is 145 Å². The number of alkyl carbamates (subject to hydrolysis) is 1. The van der Waals surface area contributed by atoms with Crippen molar-refractivity contribution in [1.29, 1.82) is 0 Å². The lowest BCUT2D eigenvalue weighted by atomic mass is 9.80. The van der Waals surface area contributed by atoms with Crippen LogP contribution in [0, 0.1) is 11.8 Å². The Morgan fingerprint density at radius 3 is 2.67 bits per heavy atom. The van der Waals surface area contributed by atoms with E-state index in [1.165, 1.54) is 18.4 Å². The molecule has 2 saturated heterocycles. The highest BCUT2D eigenvalue weighted by molar-refractivity contribution is 5.68. The van der Waals surface area contributed by atoms with Crippen molar-refractivity contribution in [2.24, 2.45) is 11.8 Å². The Kier molecular flexibility index (Phi) is 5.14. The van der Waals surface area contributed by atoms with Gasteiger partial charge in [-0.05, 0) is 57.4 Å². The van der Waals surface area contributed by atoms with Gasteiger partial charge >= 0.3 is 6.09 Å². The standard InChI is InChI=1S/C20H30N2O2/c1-20(2,3)24-19(23)21-18-11-16-9-10-17(18)14-22(13-16)12-15-7-5-4-6-8-15/h4-8,16-18H,9-14H2,1-3H3,(H,21,23)/t16-,17-,18+/m0/s1. The van der Waals surface area contributed by atoms with E-state index < -0.39 is 5.60 Å². The molecule has 2 heterocycles. The van der Waals surface area contributed by atoms with E-state index in [0.717, 1.165) is 26.1 Å². The van der Waals surface area contributed by atoms with Gasteiger partial charge in [-0.25, -0.2) is 4.79 Å². The first kappa shape index (κ1) is 17.3. The van der Waals surface area contributed by atoms with Gasteiger partial charge in [0.1, 0.15) is 5.60 Å². The number of ether oxygens (including phenoxy) is 1. The van der Waals surface area contributed by atoms with Crippen molar-refractivity contribution in [3.8, 4) is 0 Å². The minimum absolute atomic E-state index is 0.249. The minimum Gasteiger partial charge on any atom is -0.444 e. The van der Waals surface area contributed by atoms with E-state index in [0.29, 0.717) is 11.8 Å². The van der Waals surface area contributed by atoms with E-state index in [2.05, 4.69) is 40.5 Å². The lowest BCUT2D eigenvalue weighted by Gasteiger charge is -2.33. The predicted octanol–water partition coefficient (Wildman–Crippen LogP) is 3.81. The number of carbonyl (C=O) groups is 1. The van der Waals surface area contributed by atoms with Crippen LogP contribution >= 0.6 is 0 Å². The van der Waals surface area contributed by atoms with Crippen LogP contribution in [0.4, 0.5) is 4.79 Å². The first-order valence-corrected chi connectivity index (χ1v) is 9.15. The number of carbonyl (C=O) groups excluding carboxylic acids is 1. The van der Waals surface area contributed by atoms with E-state index in [1.807, 2.05) is 20.8 Å². The topological polar surface area (TPSA) is 41.6 Å². The monoisotopic (exact) mass is 330 g/mol. The zero-order chi connectivity index (χ0) is 17.2. The van der Waals surface area contributed by atoms with E-state index in [4.69, 9.17) is 4.74 Å². The molecule has 4 rings (SSSR count). The smallest absolute Gasteiger partial charge is 0.407 e. The normalized spacial score (nSPS) is 27.5. The molecule has 0 spiro atoms. The van der Waals surface area contributed by atoms with Crippen molar-refractivity contribution < 1.29 is 9.53 Å². The molecule has 0 radical (unpaired) electrons. The number of nitrogens with zero attached hydrogens (tertiary/aromatic N) is 1. The quantitative estimate of drug-likeness (QED) is 0.916. The van der Waals surface area contributed by atoms with E-state index in [1.54, 1.807) is 0 Å². The van der Waals surface area contributed by atoms with Gasteiger partial charge in [-0.3, -0.25) is 4.90 Å². The van der Waals surface area contributed by atoms with E-state index in [9.17, 15) is 4.79 Å². The number of rotatable bonds is 3. The highest BCUT2D eigenvalue weighted by Gasteiger charge is 2.37. The number of hydrogen-bond donors (Lipinski definition) is 1. The maximum atomic E-state index is 12.1. The Balaban J connectivity index is 1.60. The molecule has 1 aromatic carbocycles. The third-order valence-electron chi connectivity index (χ3n) is 5.06. The Hall–Kier alpha value is -1.55. The zero-order valence-corrected chi connectivity index (χ0v) is 15.1. The summed E-state index contributed by atoms with van der Waals surface area (Å²) in [4.78, 5) is 14.7. The number of benzene rings is 1. The lowest BCUT2D eigenvalue weighted by Crippen LogP contribution is -2.46. The second kappa shape index (κ2) is 7.14. The van der Waals surface area contributed by atoms with Crippen LogP contribution in [0.1, 0.15) is 45.6 Å². The fourth-order valence-electron chi connectivity index (χ4n) is 4.08. The molecule has 2 aliphatic heterocycles. The first-order valence-electron chi connectivity index (χ1n) is 9.15. The van der Waals surface area contributed by atoms with Crippen molar-refractivity contribution >= 4 is 6.09 Å². The Morgan fingerprint density at radius 2 is 1.96 bits per heavy atom. The summed E-state index contributed by atoms with van der Waals surface area (Å²) in [6, 6.07) is 10.9. The van der Waals surface area contributed by atoms with Gasteiger partial charge in [0.15, 0.2) is 0 Å². The molecule has 4 nitrogen and oxygen atoms in total. The Bertz CT molecular complexity index is 553. The molecule has 1 aromatic rings. The highest BCUT2D eigenvalue weighted by Crippen LogP contribution is 2.35. The van der Waals surface area contributed by atoms with Gasteiger partial charge in [-0.15, -0.1) is 0 Å². The van der Waals surface area contributed by atoms with E-state index in [-0.39, 0.29) is 12.1 Å².